The molecule has 0 spiro atoms. The maximum absolute atomic E-state index is 13.9. The van der Waals surface area contributed by atoms with Crippen LogP contribution in [-0.4, -0.2) is 50.1 Å². The lowest BCUT2D eigenvalue weighted by Gasteiger charge is -2.34. The standard InChI is InChI=1S/C33H40N2O6/c1-33(2,3)41-32(40)35(30-28-15-8-7-13-24(28)21-29(30)38)34-31(39)25(18-23-12-9-14-26(36)19-23)20-27(37)17-16-22-10-5-4-6-11-22/h4-15,19,25,27,29-30,36-38H,16-18,20-21H2,1-3H3,(H,34,39)/t25-,27+,29-,30+/m1/s1. The number of ether oxygens (including phenoxy) is 1. The van der Waals surface area contributed by atoms with Crippen molar-refractivity contribution >= 4 is 12.0 Å². The SMILES string of the molecule is CC(C)(C)OC(=O)N(NC(=O)[C@H](Cc1cccc(O)c1)C[C@@H](O)CCc1ccccc1)[C@H]1c2ccccc2C[C@H]1O. The molecule has 4 N–H and O–H groups in total. The molecule has 8 heteroatoms. The van der Waals surface area contributed by atoms with E-state index in [0.29, 0.717) is 19.3 Å². The molecule has 4 rings (SSSR count). The van der Waals surface area contributed by atoms with Gasteiger partial charge in [0.1, 0.15) is 17.4 Å². The Hall–Kier alpha value is -3.88. The van der Waals surface area contributed by atoms with Gasteiger partial charge in [-0.2, -0.15) is 0 Å². The van der Waals surface area contributed by atoms with Gasteiger partial charge in [0.15, 0.2) is 0 Å². The summed E-state index contributed by atoms with van der Waals surface area (Å²) in [5.41, 5.74) is 5.35. The molecule has 3 aromatic carbocycles. The maximum Gasteiger partial charge on any atom is 0.429 e. The minimum Gasteiger partial charge on any atom is -0.508 e. The molecule has 8 nitrogen and oxygen atoms in total. The summed E-state index contributed by atoms with van der Waals surface area (Å²) in [4.78, 5) is 27.3. The molecule has 0 aromatic heterocycles. The predicted molar refractivity (Wildman–Crippen MR) is 156 cm³/mol. The minimum absolute atomic E-state index is 0.0763. The van der Waals surface area contributed by atoms with Gasteiger partial charge in [-0.05, 0) is 80.8 Å². The number of phenols is 1. The van der Waals surface area contributed by atoms with Crippen LogP contribution in [0.15, 0.2) is 78.9 Å². The summed E-state index contributed by atoms with van der Waals surface area (Å²) in [7, 11) is 0. The van der Waals surface area contributed by atoms with Gasteiger partial charge in [-0.15, -0.1) is 0 Å². The second-order valence-electron chi connectivity index (χ2n) is 11.7. The van der Waals surface area contributed by atoms with Crippen molar-refractivity contribution in [3.05, 3.63) is 101 Å². The number of aliphatic hydroxyl groups excluding tert-OH is 2. The number of nitrogens with zero attached hydrogens (tertiary/aromatic N) is 1. The normalized spacial score (nSPS) is 17.8. The molecule has 4 atom stereocenters. The van der Waals surface area contributed by atoms with E-state index in [4.69, 9.17) is 4.74 Å². The Labute approximate surface area is 241 Å². The van der Waals surface area contributed by atoms with Crippen LogP contribution in [0.2, 0.25) is 0 Å². The summed E-state index contributed by atoms with van der Waals surface area (Å²) in [5.74, 6) is -1.15. The molecule has 0 saturated carbocycles. The highest BCUT2D eigenvalue weighted by Crippen LogP contribution is 2.36. The molecule has 0 saturated heterocycles. The van der Waals surface area contributed by atoms with E-state index in [9.17, 15) is 24.9 Å². The van der Waals surface area contributed by atoms with Crippen molar-refractivity contribution in [2.75, 3.05) is 0 Å². The van der Waals surface area contributed by atoms with E-state index in [2.05, 4.69) is 5.43 Å². The molecule has 2 amide bonds. The van der Waals surface area contributed by atoms with Gasteiger partial charge in [-0.25, -0.2) is 9.80 Å². The van der Waals surface area contributed by atoms with Crippen LogP contribution in [0.1, 0.15) is 61.9 Å². The Bertz CT molecular complexity index is 1320. The summed E-state index contributed by atoms with van der Waals surface area (Å²) in [6, 6.07) is 23.0. The first kappa shape index (κ1) is 30.1. The molecule has 0 aliphatic heterocycles. The number of aliphatic hydroxyl groups is 2. The molecule has 3 aromatic rings. The van der Waals surface area contributed by atoms with Crippen LogP contribution in [0.5, 0.6) is 5.75 Å². The average molecular weight is 561 g/mol. The van der Waals surface area contributed by atoms with Crippen LogP contribution < -0.4 is 5.43 Å². The third kappa shape index (κ3) is 8.31. The van der Waals surface area contributed by atoms with Crippen molar-refractivity contribution in [2.45, 2.75) is 76.7 Å². The van der Waals surface area contributed by atoms with Gasteiger partial charge < -0.3 is 20.1 Å². The Morgan fingerprint density at radius 3 is 2.39 bits per heavy atom. The highest BCUT2D eigenvalue weighted by Gasteiger charge is 2.41. The van der Waals surface area contributed by atoms with Gasteiger partial charge in [0.05, 0.1) is 12.2 Å². The van der Waals surface area contributed by atoms with Crippen LogP contribution in [0.4, 0.5) is 4.79 Å². The molecular formula is C33H40N2O6. The summed E-state index contributed by atoms with van der Waals surface area (Å²) < 4.78 is 5.64. The largest absolute Gasteiger partial charge is 0.508 e. The van der Waals surface area contributed by atoms with E-state index in [1.54, 1.807) is 45.0 Å². The van der Waals surface area contributed by atoms with Crippen molar-refractivity contribution in [1.82, 2.24) is 10.4 Å². The number of hydrazine groups is 1. The highest BCUT2D eigenvalue weighted by atomic mass is 16.6. The fourth-order valence-corrected chi connectivity index (χ4v) is 5.29. The Balaban J connectivity index is 1.58. The zero-order valence-electron chi connectivity index (χ0n) is 23.9. The summed E-state index contributed by atoms with van der Waals surface area (Å²) in [5, 5.41) is 33.1. The first-order valence-electron chi connectivity index (χ1n) is 14.1. The van der Waals surface area contributed by atoms with Crippen molar-refractivity contribution in [1.29, 1.82) is 0 Å². The number of hydrogen-bond donors (Lipinski definition) is 4. The summed E-state index contributed by atoms with van der Waals surface area (Å²) in [6.45, 7) is 5.20. The molecule has 0 radical (unpaired) electrons. The number of rotatable bonds is 9. The van der Waals surface area contributed by atoms with Crippen LogP contribution >= 0.6 is 0 Å². The summed E-state index contributed by atoms with van der Waals surface area (Å²) in [6.07, 6.45) is -0.698. The zero-order valence-corrected chi connectivity index (χ0v) is 23.9. The quantitative estimate of drug-likeness (QED) is 0.278. The van der Waals surface area contributed by atoms with Crippen molar-refractivity contribution in [3.8, 4) is 5.75 Å². The average Bonchev–Trinajstić information content (AvgIpc) is 3.25. The topological polar surface area (TPSA) is 119 Å². The number of benzene rings is 3. The summed E-state index contributed by atoms with van der Waals surface area (Å²) >= 11 is 0. The Kier molecular flexibility index (Phi) is 9.68. The predicted octanol–water partition coefficient (Wildman–Crippen LogP) is 4.86. The van der Waals surface area contributed by atoms with Gasteiger partial charge in [-0.3, -0.25) is 10.2 Å². The Morgan fingerprint density at radius 2 is 1.68 bits per heavy atom. The molecule has 1 aliphatic rings. The van der Waals surface area contributed by atoms with Crippen LogP contribution in [0.3, 0.4) is 0 Å². The fraction of sp³-hybridized carbons (Fsp3) is 0.394. The first-order chi connectivity index (χ1) is 19.5. The number of carbonyl (C=O) groups excluding carboxylic acids is 2. The van der Waals surface area contributed by atoms with E-state index >= 15 is 0 Å². The fourth-order valence-electron chi connectivity index (χ4n) is 5.29. The van der Waals surface area contributed by atoms with Gasteiger partial charge in [0, 0.05) is 12.3 Å². The van der Waals surface area contributed by atoms with E-state index in [-0.39, 0.29) is 18.6 Å². The molecule has 0 heterocycles. The van der Waals surface area contributed by atoms with E-state index in [0.717, 1.165) is 27.3 Å². The number of hydrogen-bond acceptors (Lipinski definition) is 6. The van der Waals surface area contributed by atoms with Gasteiger partial charge in [0.25, 0.3) is 0 Å². The number of amides is 2. The number of aromatic hydroxyl groups is 1. The second kappa shape index (κ2) is 13.2. The smallest absolute Gasteiger partial charge is 0.429 e. The minimum atomic E-state index is -0.943. The first-order valence-corrected chi connectivity index (χ1v) is 14.1. The molecule has 218 valence electrons. The molecule has 0 fully saturated rings. The van der Waals surface area contributed by atoms with Crippen LogP contribution in [0.25, 0.3) is 0 Å². The van der Waals surface area contributed by atoms with Gasteiger partial charge in [-0.1, -0.05) is 66.7 Å². The number of nitrogens with one attached hydrogen (secondary N) is 1. The van der Waals surface area contributed by atoms with E-state index in [1.165, 1.54) is 0 Å². The van der Waals surface area contributed by atoms with Crippen molar-refractivity contribution in [2.24, 2.45) is 5.92 Å². The number of fused-ring (bicyclic) bond motifs is 1. The van der Waals surface area contributed by atoms with Gasteiger partial charge >= 0.3 is 6.09 Å². The number of carbonyl (C=O) groups is 2. The van der Waals surface area contributed by atoms with Crippen LogP contribution in [-0.2, 0) is 28.8 Å². The zero-order chi connectivity index (χ0) is 29.6. The molecule has 41 heavy (non-hydrogen) atoms. The molecule has 1 aliphatic carbocycles. The number of phenolic OH excluding ortho intramolecular Hbond substituents is 1. The van der Waals surface area contributed by atoms with Crippen molar-refractivity contribution in [3.63, 3.8) is 0 Å². The van der Waals surface area contributed by atoms with Crippen molar-refractivity contribution < 1.29 is 29.6 Å². The third-order valence-electron chi connectivity index (χ3n) is 7.20. The number of aryl methyl sites for hydroxylation is 1. The van der Waals surface area contributed by atoms with E-state index < -0.39 is 41.8 Å². The van der Waals surface area contributed by atoms with E-state index in [1.807, 2.05) is 54.6 Å². The Morgan fingerprint density at radius 1 is 1.00 bits per heavy atom. The second-order valence-corrected chi connectivity index (χ2v) is 11.7. The molecular weight excluding hydrogens is 520 g/mol. The van der Waals surface area contributed by atoms with Crippen LogP contribution in [0, 0.1) is 5.92 Å². The lowest BCUT2D eigenvalue weighted by atomic mass is 9.91. The lowest BCUT2D eigenvalue weighted by Crippen LogP contribution is -2.53. The maximum atomic E-state index is 13.9. The lowest BCUT2D eigenvalue weighted by molar-refractivity contribution is -0.133. The third-order valence-corrected chi connectivity index (χ3v) is 7.20. The van der Waals surface area contributed by atoms with Gasteiger partial charge in [0.2, 0.25) is 5.91 Å². The highest BCUT2D eigenvalue weighted by molar-refractivity contribution is 5.82. The molecule has 0 unspecified atom stereocenters. The molecule has 0 bridgehead atoms. The monoisotopic (exact) mass is 560 g/mol.